The Morgan fingerprint density at radius 1 is 1.19 bits per heavy atom. The molecule has 2 N–H and O–H groups in total. The van der Waals surface area contributed by atoms with Crippen LogP contribution in [0.1, 0.15) is 45.2 Å². The Labute approximate surface area is 127 Å². The van der Waals surface area contributed by atoms with Crippen molar-refractivity contribution in [2.75, 3.05) is 0 Å². The summed E-state index contributed by atoms with van der Waals surface area (Å²) in [6.07, 6.45) is 6.13. The van der Waals surface area contributed by atoms with Crippen molar-refractivity contribution in [2.24, 2.45) is 17.1 Å². The molecule has 0 radical (unpaired) electrons. The van der Waals surface area contributed by atoms with Gasteiger partial charge in [0.1, 0.15) is 0 Å². The Morgan fingerprint density at radius 3 is 2.81 bits per heavy atom. The summed E-state index contributed by atoms with van der Waals surface area (Å²) in [5, 5.41) is 1.20. The van der Waals surface area contributed by atoms with E-state index >= 15 is 0 Å². The smallest absolute Gasteiger partial charge is 0.0705 e. The van der Waals surface area contributed by atoms with Gasteiger partial charge >= 0.3 is 0 Å². The molecule has 2 aromatic rings. The molecule has 2 unspecified atom stereocenters. The van der Waals surface area contributed by atoms with E-state index < -0.39 is 0 Å². The Balaban J connectivity index is 1.77. The van der Waals surface area contributed by atoms with E-state index in [1.54, 1.807) is 0 Å². The minimum Gasteiger partial charge on any atom is -0.327 e. The predicted molar refractivity (Wildman–Crippen MR) is 89.2 cm³/mol. The van der Waals surface area contributed by atoms with Gasteiger partial charge in [-0.15, -0.1) is 0 Å². The van der Waals surface area contributed by atoms with Crippen molar-refractivity contribution < 1.29 is 0 Å². The van der Waals surface area contributed by atoms with Crippen LogP contribution in [-0.2, 0) is 6.42 Å². The third-order valence-electron chi connectivity index (χ3n) is 5.21. The second-order valence-electron chi connectivity index (χ2n) is 7.20. The van der Waals surface area contributed by atoms with Crippen LogP contribution in [0.2, 0.25) is 0 Å². The number of rotatable bonds is 3. The van der Waals surface area contributed by atoms with Crippen LogP contribution in [0, 0.1) is 11.3 Å². The molecule has 0 amide bonds. The van der Waals surface area contributed by atoms with Gasteiger partial charge in [0.15, 0.2) is 0 Å². The van der Waals surface area contributed by atoms with Crippen molar-refractivity contribution >= 4 is 10.9 Å². The fourth-order valence-electron chi connectivity index (χ4n) is 3.92. The summed E-state index contributed by atoms with van der Waals surface area (Å²) in [4.78, 5) is 4.78. The van der Waals surface area contributed by atoms with Gasteiger partial charge in [-0.25, -0.2) is 0 Å². The van der Waals surface area contributed by atoms with E-state index in [4.69, 9.17) is 10.7 Å². The summed E-state index contributed by atoms with van der Waals surface area (Å²) < 4.78 is 0. The highest BCUT2D eigenvalue weighted by molar-refractivity contribution is 5.78. The highest BCUT2D eigenvalue weighted by Crippen LogP contribution is 2.42. The van der Waals surface area contributed by atoms with Crippen LogP contribution in [0.3, 0.4) is 0 Å². The molecule has 0 bridgehead atoms. The van der Waals surface area contributed by atoms with Crippen molar-refractivity contribution in [3.05, 3.63) is 42.1 Å². The maximum atomic E-state index is 6.56. The molecule has 112 valence electrons. The first-order chi connectivity index (χ1) is 10.1. The quantitative estimate of drug-likeness (QED) is 0.910. The maximum Gasteiger partial charge on any atom is 0.0705 e. The van der Waals surface area contributed by atoms with Gasteiger partial charge in [-0.1, -0.05) is 51.0 Å². The zero-order chi connectivity index (χ0) is 14.9. The number of hydrogen-bond acceptors (Lipinski definition) is 2. The van der Waals surface area contributed by atoms with E-state index in [1.165, 1.54) is 31.1 Å². The van der Waals surface area contributed by atoms with E-state index in [9.17, 15) is 0 Å². The molecule has 21 heavy (non-hydrogen) atoms. The van der Waals surface area contributed by atoms with Gasteiger partial charge in [0.05, 0.1) is 5.52 Å². The molecule has 0 aliphatic heterocycles. The van der Waals surface area contributed by atoms with Crippen LogP contribution >= 0.6 is 0 Å². The lowest BCUT2D eigenvalue weighted by molar-refractivity contribution is 0.112. The molecule has 1 heterocycles. The number of nitrogens with zero attached hydrogens (tertiary/aromatic N) is 1. The minimum absolute atomic E-state index is 0.217. The van der Waals surface area contributed by atoms with Gasteiger partial charge in [-0.3, -0.25) is 4.98 Å². The minimum atomic E-state index is 0.217. The number of benzene rings is 1. The Bertz CT molecular complexity index is 618. The number of fused-ring (bicyclic) bond motifs is 1. The number of pyridine rings is 1. The van der Waals surface area contributed by atoms with E-state index in [0.717, 1.165) is 17.6 Å². The molecule has 1 aromatic carbocycles. The second-order valence-corrected chi connectivity index (χ2v) is 7.20. The Hall–Kier alpha value is -1.41. The van der Waals surface area contributed by atoms with Crippen molar-refractivity contribution in [1.82, 2.24) is 4.98 Å². The highest BCUT2D eigenvalue weighted by Gasteiger charge is 2.36. The maximum absolute atomic E-state index is 6.56. The van der Waals surface area contributed by atoms with Crippen LogP contribution < -0.4 is 5.73 Å². The van der Waals surface area contributed by atoms with Gasteiger partial charge in [0.25, 0.3) is 0 Å². The van der Waals surface area contributed by atoms with Gasteiger partial charge < -0.3 is 5.73 Å². The summed E-state index contributed by atoms with van der Waals surface area (Å²) in [5.41, 5.74) is 9.13. The van der Waals surface area contributed by atoms with Crippen LogP contribution in [0.25, 0.3) is 10.9 Å². The molecule has 0 saturated heterocycles. The molecule has 1 fully saturated rings. The van der Waals surface area contributed by atoms with E-state index in [2.05, 4.69) is 44.2 Å². The second kappa shape index (κ2) is 5.76. The molecule has 1 aliphatic carbocycles. The number of para-hydroxylation sites is 1. The fraction of sp³-hybridized carbons (Fsp3) is 0.526. The van der Waals surface area contributed by atoms with Gasteiger partial charge in [-0.2, -0.15) is 0 Å². The summed E-state index contributed by atoms with van der Waals surface area (Å²) in [5.74, 6) is 0.611. The highest BCUT2D eigenvalue weighted by atomic mass is 14.7. The van der Waals surface area contributed by atoms with E-state index in [0.29, 0.717) is 11.3 Å². The largest absolute Gasteiger partial charge is 0.327 e. The summed E-state index contributed by atoms with van der Waals surface area (Å²) in [6.45, 7) is 4.76. The average molecular weight is 282 g/mol. The molecular formula is C19H26N2. The van der Waals surface area contributed by atoms with Crippen LogP contribution in [0.4, 0.5) is 0 Å². The van der Waals surface area contributed by atoms with Crippen molar-refractivity contribution in [2.45, 2.75) is 52.0 Å². The number of hydrogen-bond donors (Lipinski definition) is 1. The third kappa shape index (κ3) is 3.11. The van der Waals surface area contributed by atoms with Crippen LogP contribution in [0.15, 0.2) is 36.4 Å². The molecule has 0 spiro atoms. The molecule has 1 saturated carbocycles. The summed E-state index contributed by atoms with van der Waals surface area (Å²) in [6, 6.07) is 12.8. The molecule has 2 heteroatoms. The molecule has 1 aromatic heterocycles. The van der Waals surface area contributed by atoms with Crippen molar-refractivity contribution in [1.29, 1.82) is 0 Å². The SMILES string of the molecule is CC1(C)CCCCC1C(N)Cc1ccc2ccccc2n1. The lowest BCUT2D eigenvalue weighted by Gasteiger charge is -2.42. The van der Waals surface area contributed by atoms with Gasteiger partial charge in [0, 0.05) is 23.5 Å². The summed E-state index contributed by atoms with van der Waals surface area (Å²) in [7, 11) is 0. The zero-order valence-electron chi connectivity index (χ0n) is 13.2. The van der Waals surface area contributed by atoms with Gasteiger partial charge in [0.2, 0.25) is 0 Å². The lowest BCUT2D eigenvalue weighted by Crippen LogP contribution is -2.43. The van der Waals surface area contributed by atoms with Crippen LogP contribution in [0.5, 0.6) is 0 Å². The molecule has 2 atom stereocenters. The number of nitrogens with two attached hydrogens (primary N) is 1. The molecule has 1 aliphatic rings. The molecule has 2 nitrogen and oxygen atoms in total. The standard InChI is InChI=1S/C19H26N2/c1-19(2)12-6-5-8-16(19)17(20)13-15-11-10-14-7-3-4-9-18(14)21-15/h3-4,7,9-11,16-17H,5-6,8,12-13,20H2,1-2H3. The predicted octanol–water partition coefficient (Wildman–Crippen LogP) is 4.32. The normalized spacial score (nSPS) is 23.1. The van der Waals surface area contributed by atoms with E-state index in [1.807, 2.05) is 6.07 Å². The first-order valence-corrected chi connectivity index (χ1v) is 8.16. The topological polar surface area (TPSA) is 38.9 Å². The zero-order valence-corrected chi connectivity index (χ0v) is 13.2. The van der Waals surface area contributed by atoms with Crippen molar-refractivity contribution in [3.63, 3.8) is 0 Å². The van der Waals surface area contributed by atoms with Gasteiger partial charge in [-0.05, 0) is 36.3 Å². The Morgan fingerprint density at radius 2 is 2.00 bits per heavy atom. The third-order valence-corrected chi connectivity index (χ3v) is 5.21. The number of aromatic nitrogens is 1. The van der Waals surface area contributed by atoms with Crippen molar-refractivity contribution in [3.8, 4) is 0 Å². The lowest BCUT2D eigenvalue weighted by atomic mass is 9.65. The van der Waals surface area contributed by atoms with E-state index in [-0.39, 0.29) is 6.04 Å². The monoisotopic (exact) mass is 282 g/mol. The van der Waals surface area contributed by atoms with Crippen LogP contribution in [-0.4, -0.2) is 11.0 Å². The average Bonchev–Trinajstić information content (AvgIpc) is 2.46. The molecule has 3 rings (SSSR count). The molecular weight excluding hydrogens is 256 g/mol. The first kappa shape index (κ1) is 14.5. The fourth-order valence-corrected chi connectivity index (χ4v) is 3.92. The Kier molecular flexibility index (Phi) is 3.99. The first-order valence-electron chi connectivity index (χ1n) is 8.16. The summed E-state index contributed by atoms with van der Waals surface area (Å²) >= 11 is 0.